The van der Waals surface area contributed by atoms with Gasteiger partial charge >= 0.3 is 0 Å². The summed E-state index contributed by atoms with van der Waals surface area (Å²) in [6, 6.07) is 0.777. The van der Waals surface area contributed by atoms with Gasteiger partial charge in [0.15, 0.2) is 0 Å². The predicted octanol–water partition coefficient (Wildman–Crippen LogP) is 2.44. The molecule has 3 nitrogen and oxygen atoms in total. The second-order valence-electron chi connectivity index (χ2n) is 5.06. The molecule has 1 heterocycles. The van der Waals surface area contributed by atoms with Crippen molar-refractivity contribution >= 4 is 0 Å². The molecular weight excluding hydrogens is 198 g/mol. The normalized spacial score (nSPS) is 25.8. The highest BCUT2D eigenvalue weighted by Crippen LogP contribution is 2.23. The first-order chi connectivity index (χ1) is 7.84. The minimum atomic E-state index is 0.777. The molecule has 0 unspecified atom stereocenters. The Morgan fingerprint density at radius 3 is 2.81 bits per heavy atom. The Morgan fingerprint density at radius 2 is 2.12 bits per heavy atom. The first-order valence-electron chi connectivity index (χ1n) is 6.53. The molecule has 0 spiro atoms. The van der Waals surface area contributed by atoms with Gasteiger partial charge in [-0.2, -0.15) is 0 Å². The largest absolute Gasteiger partial charge is 0.337 e. The third kappa shape index (κ3) is 3.63. The molecule has 0 aliphatic heterocycles. The zero-order valence-electron chi connectivity index (χ0n) is 10.2. The molecule has 1 N–H and O–H groups in total. The zero-order chi connectivity index (χ0) is 11.2. The summed E-state index contributed by atoms with van der Waals surface area (Å²) in [5.41, 5.74) is 0. The SMILES string of the molecule is CC1CCC(NCCCn2ccnc2)CC1. The van der Waals surface area contributed by atoms with Crippen molar-refractivity contribution in [1.82, 2.24) is 14.9 Å². The molecule has 0 aromatic carbocycles. The van der Waals surface area contributed by atoms with Gasteiger partial charge in [0.2, 0.25) is 0 Å². The van der Waals surface area contributed by atoms with E-state index in [4.69, 9.17) is 0 Å². The molecule has 3 heteroatoms. The van der Waals surface area contributed by atoms with Gasteiger partial charge in [-0.3, -0.25) is 0 Å². The molecule has 90 valence electrons. The van der Waals surface area contributed by atoms with E-state index >= 15 is 0 Å². The topological polar surface area (TPSA) is 29.9 Å². The van der Waals surface area contributed by atoms with E-state index in [9.17, 15) is 0 Å². The first-order valence-corrected chi connectivity index (χ1v) is 6.53. The molecule has 0 saturated heterocycles. The van der Waals surface area contributed by atoms with Crippen LogP contribution in [0, 0.1) is 5.92 Å². The van der Waals surface area contributed by atoms with Crippen molar-refractivity contribution in [3.05, 3.63) is 18.7 Å². The van der Waals surface area contributed by atoms with E-state index in [2.05, 4.69) is 21.8 Å². The lowest BCUT2D eigenvalue weighted by Gasteiger charge is -2.27. The van der Waals surface area contributed by atoms with Crippen molar-refractivity contribution in [2.24, 2.45) is 5.92 Å². The highest BCUT2D eigenvalue weighted by atomic mass is 15.0. The van der Waals surface area contributed by atoms with Gasteiger partial charge in [-0.1, -0.05) is 6.92 Å². The summed E-state index contributed by atoms with van der Waals surface area (Å²) < 4.78 is 2.14. The van der Waals surface area contributed by atoms with Gasteiger partial charge in [0, 0.05) is 25.0 Å². The predicted molar refractivity (Wildman–Crippen MR) is 66.3 cm³/mol. The highest BCUT2D eigenvalue weighted by molar-refractivity contribution is 4.76. The average Bonchev–Trinajstić information content (AvgIpc) is 2.80. The fourth-order valence-electron chi connectivity index (χ4n) is 2.45. The van der Waals surface area contributed by atoms with E-state index in [0.29, 0.717) is 0 Å². The maximum Gasteiger partial charge on any atom is 0.0945 e. The van der Waals surface area contributed by atoms with E-state index in [1.165, 1.54) is 32.1 Å². The van der Waals surface area contributed by atoms with Crippen molar-refractivity contribution < 1.29 is 0 Å². The van der Waals surface area contributed by atoms with Crippen LogP contribution in [0.3, 0.4) is 0 Å². The molecule has 1 aromatic heterocycles. The van der Waals surface area contributed by atoms with Crippen LogP contribution in [0.5, 0.6) is 0 Å². The van der Waals surface area contributed by atoms with Crippen LogP contribution >= 0.6 is 0 Å². The summed E-state index contributed by atoms with van der Waals surface area (Å²) in [6.45, 7) is 4.59. The average molecular weight is 221 g/mol. The van der Waals surface area contributed by atoms with E-state index < -0.39 is 0 Å². The Balaban J connectivity index is 1.55. The summed E-state index contributed by atoms with van der Waals surface area (Å²) in [4.78, 5) is 4.04. The Hall–Kier alpha value is -0.830. The number of nitrogens with zero attached hydrogens (tertiary/aromatic N) is 2. The first kappa shape index (κ1) is 11.6. The van der Waals surface area contributed by atoms with Gasteiger partial charge in [0.1, 0.15) is 0 Å². The number of aryl methyl sites for hydroxylation is 1. The second-order valence-corrected chi connectivity index (χ2v) is 5.06. The van der Waals surface area contributed by atoms with Gasteiger partial charge in [0.25, 0.3) is 0 Å². The van der Waals surface area contributed by atoms with Crippen molar-refractivity contribution in [3.63, 3.8) is 0 Å². The van der Waals surface area contributed by atoms with E-state index in [0.717, 1.165) is 25.0 Å². The Bertz CT molecular complexity index is 273. The van der Waals surface area contributed by atoms with Gasteiger partial charge < -0.3 is 9.88 Å². The van der Waals surface area contributed by atoms with Crippen LogP contribution in [0.15, 0.2) is 18.7 Å². The smallest absolute Gasteiger partial charge is 0.0945 e. The third-order valence-electron chi connectivity index (χ3n) is 3.60. The summed E-state index contributed by atoms with van der Waals surface area (Å²) in [5, 5.41) is 3.67. The number of hydrogen-bond donors (Lipinski definition) is 1. The van der Waals surface area contributed by atoms with Crippen LogP contribution in [0.2, 0.25) is 0 Å². The summed E-state index contributed by atoms with van der Waals surface area (Å²) >= 11 is 0. The number of aromatic nitrogens is 2. The van der Waals surface area contributed by atoms with Gasteiger partial charge in [-0.15, -0.1) is 0 Å². The van der Waals surface area contributed by atoms with Crippen LogP contribution in [-0.4, -0.2) is 22.1 Å². The van der Waals surface area contributed by atoms with Gasteiger partial charge in [0.05, 0.1) is 6.33 Å². The minimum absolute atomic E-state index is 0.777. The van der Waals surface area contributed by atoms with Crippen LogP contribution in [0.25, 0.3) is 0 Å². The molecule has 16 heavy (non-hydrogen) atoms. The Kier molecular flexibility index (Phi) is 4.40. The second kappa shape index (κ2) is 6.04. The Morgan fingerprint density at radius 1 is 1.31 bits per heavy atom. The molecule has 1 fully saturated rings. The van der Waals surface area contributed by atoms with Crippen LogP contribution in [0.4, 0.5) is 0 Å². The molecule has 1 aromatic rings. The zero-order valence-corrected chi connectivity index (χ0v) is 10.2. The van der Waals surface area contributed by atoms with Crippen LogP contribution < -0.4 is 5.32 Å². The molecule has 0 atom stereocenters. The van der Waals surface area contributed by atoms with Gasteiger partial charge in [-0.25, -0.2) is 4.98 Å². The maximum absolute atomic E-state index is 4.04. The lowest BCUT2D eigenvalue weighted by molar-refractivity contribution is 0.306. The van der Waals surface area contributed by atoms with Crippen LogP contribution in [0.1, 0.15) is 39.0 Å². The van der Waals surface area contributed by atoms with E-state index in [-0.39, 0.29) is 0 Å². The lowest BCUT2D eigenvalue weighted by atomic mass is 9.87. The van der Waals surface area contributed by atoms with Gasteiger partial charge in [-0.05, 0) is 44.6 Å². The third-order valence-corrected chi connectivity index (χ3v) is 3.60. The molecular formula is C13H23N3. The molecule has 0 radical (unpaired) electrons. The summed E-state index contributed by atoms with van der Waals surface area (Å²) in [5.74, 6) is 0.948. The standard InChI is InChI=1S/C13H23N3/c1-12-3-5-13(6-4-12)15-7-2-9-16-10-8-14-11-16/h8,10-13,15H,2-7,9H2,1H3. The van der Waals surface area contributed by atoms with E-state index in [1.54, 1.807) is 0 Å². The molecule has 1 aliphatic carbocycles. The van der Waals surface area contributed by atoms with Crippen molar-refractivity contribution in [3.8, 4) is 0 Å². The number of nitrogens with one attached hydrogen (secondary N) is 1. The fourth-order valence-corrected chi connectivity index (χ4v) is 2.45. The molecule has 0 amide bonds. The summed E-state index contributed by atoms with van der Waals surface area (Å²) in [6.07, 6.45) is 12.5. The molecule has 2 rings (SSSR count). The van der Waals surface area contributed by atoms with Crippen LogP contribution in [-0.2, 0) is 6.54 Å². The Labute approximate surface area is 98.3 Å². The number of rotatable bonds is 5. The highest BCUT2D eigenvalue weighted by Gasteiger charge is 2.16. The number of imidazole rings is 1. The molecule has 1 aliphatic rings. The monoisotopic (exact) mass is 221 g/mol. The number of hydrogen-bond acceptors (Lipinski definition) is 2. The quantitative estimate of drug-likeness (QED) is 0.774. The fraction of sp³-hybridized carbons (Fsp3) is 0.769. The van der Waals surface area contributed by atoms with Crippen molar-refractivity contribution in [1.29, 1.82) is 0 Å². The van der Waals surface area contributed by atoms with Crippen molar-refractivity contribution in [2.75, 3.05) is 6.54 Å². The molecule has 1 saturated carbocycles. The minimum Gasteiger partial charge on any atom is -0.337 e. The lowest BCUT2D eigenvalue weighted by Crippen LogP contribution is -2.33. The molecule has 0 bridgehead atoms. The maximum atomic E-state index is 4.04. The summed E-state index contributed by atoms with van der Waals surface area (Å²) in [7, 11) is 0. The van der Waals surface area contributed by atoms with Crippen molar-refractivity contribution in [2.45, 2.75) is 51.6 Å². The van der Waals surface area contributed by atoms with E-state index in [1.807, 2.05) is 18.7 Å².